The number of aromatic nitrogens is 1. The van der Waals surface area contributed by atoms with Gasteiger partial charge in [-0.25, -0.2) is 8.42 Å². The van der Waals surface area contributed by atoms with Crippen molar-refractivity contribution in [2.24, 2.45) is 7.05 Å². The van der Waals surface area contributed by atoms with Crippen molar-refractivity contribution >= 4 is 31.7 Å². The maximum Gasteiger partial charge on any atom is 0.270 e. The Morgan fingerprint density at radius 2 is 2.09 bits per heavy atom. The van der Waals surface area contributed by atoms with Crippen LogP contribution in [0, 0.1) is 0 Å². The number of rotatable bonds is 6. The van der Waals surface area contributed by atoms with Gasteiger partial charge in [0.05, 0.1) is 11.5 Å². The smallest absolute Gasteiger partial charge is 0.270 e. The number of sulfone groups is 1. The predicted molar refractivity (Wildman–Crippen MR) is 94.4 cm³/mol. The molecule has 130 valence electrons. The Hall–Kier alpha value is -0.860. The zero-order valence-electron chi connectivity index (χ0n) is 13.8. The van der Waals surface area contributed by atoms with Crippen molar-refractivity contribution in [2.45, 2.75) is 18.9 Å². The van der Waals surface area contributed by atoms with Crippen LogP contribution in [-0.4, -0.2) is 73.4 Å². The van der Waals surface area contributed by atoms with Crippen LogP contribution in [-0.2, 0) is 16.9 Å². The SMILES string of the molecule is CN(C)CCCN(C(=O)c1cc(Br)cn1C)C1CCS(=O)(=O)C1. The van der Waals surface area contributed by atoms with E-state index in [-0.39, 0.29) is 23.5 Å². The number of aryl methyl sites for hydroxylation is 1. The van der Waals surface area contributed by atoms with Crippen molar-refractivity contribution in [1.29, 1.82) is 0 Å². The van der Waals surface area contributed by atoms with Gasteiger partial charge >= 0.3 is 0 Å². The maximum atomic E-state index is 12.9. The second-order valence-electron chi connectivity index (χ2n) is 6.37. The molecular weight excluding hydrogens is 382 g/mol. The molecule has 2 rings (SSSR count). The molecule has 1 aliphatic rings. The summed E-state index contributed by atoms with van der Waals surface area (Å²) >= 11 is 3.38. The molecule has 1 fully saturated rings. The topological polar surface area (TPSA) is 62.6 Å². The van der Waals surface area contributed by atoms with E-state index in [0.717, 1.165) is 17.4 Å². The Morgan fingerprint density at radius 3 is 2.57 bits per heavy atom. The second-order valence-corrected chi connectivity index (χ2v) is 9.51. The minimum absolute atomic E-state index is 0.0757. The van der Waals surface area contributed by atoms with Gasteiger partial charge in [-0.05, 0) is 55.5 Å². The van der Waals surface area contributed by atoms with E-state index in [1.165, 1.54) is 0 Å². The molecule has 23 heavy (non-hydrogen) atoms. The molecule has 0 aliphatic carbocycles. The molecule has 1 aliphatic heterocycles. The van der Waals surface area contributed by atoms with E-state index < -0.39 is 9.84 Å². The molecule has 0 aromatic carbocycles. The van der Waals surface area contributed by atoms with Crippen LogP contribution < -0.4 is 0 Å². The number of hydrogen-bond donors (Lipinski definition) is 0. The molecule has 0 bridgehead atoms. The summed E-state index contributed by atoms with van der Waals surface area (Å²) in [6, 6.07) is 1.56. The van der Waals surface area contributed by atoms with E-state index in [2.05, 4.69) is 20.8 Å². The molecular formula is C15H24BrN3O3S. The van der Waals surface area contributed by atoms with Gasteiger partial charge < -0.3 is 14.4 Å². The van der Waals surface area contributed by atoms with Crippen molar-refractivity contribution in [3.05, 3.63) is 22.4 Å². The van der Waals surface area contributed by atoms with Crippen molar-refractivity contribution in [3.8, 4) is 0 Å². The summed E-state index contributed by atoms with van der Waals surface area (Å²) in [5.41, 5.74) is 0.575. The summed E-state index contributed by atoms with van der Waals surface area (Å²) in [6.07, 6.45) is 3.18. The van der Waals surface area contributed by atoms with Crippen LogP contribution in [0.5, 0.6) is 0 Å². The van der Waals surface area contributed by atoms with Gasteiger partial charge in [-0.15, -0.1) is 0 Å². The van der Waals surface area contributed by atoms with Crippen molar-refractivity contribution < 1.29 is 13.2 Å². The lowest BCUT2D eigenvalue weighted by molar-refractivity contribution is 0.0680. The van der Waals surface area contributed by atoms with Crippen LogP contribution in [0.4, 0.5) is 0 Å². The zero-order valence-corrected chi connectivity index (χ0v) is 16.2. The Balaban J connectivity index is 2.18. The van der Waals surface area contributed by atoms with Crippen molar-refractivity contribution in [2.75, 3.05) is 38.7 Å². The summed E-state index contributed by atoms with van der Waals surface area (Å²) in [5.74, 6) is 0.150. The van der Waals surface area contributed by atoms with Crippen LogP contribution in [0.25, 0.3) is 0 Å². The second kappa shape index (κ2) is 7.36. The van der Waals surface area contributed by atoms with Crippen molar-refractivity contribution in [3.63, 3.8) is 0 Å². The molecule has 6 nitrogen and oxygen atoms in total. The lowest BCUT2D eigenvalue weighted by Gasteiger charge is -2.29. The lowest BCUT2D eigenvalue weighted by Crippen LogP contribution is -2.43. The fraction of sp³-hybridized carbons (Fsp3) is 0.667. The summed E-state index contributed by atoms with van der Waals surface area (Å²) in [7, 11) is 2.77. The average molecular weight is 406 g/mol. The Morgan fingerprint density at radius 1 is 1.39 bits per heavy atom. The predicted octanol–water partition coefficient (Wildman–Crippen LogP) is 1.37. The van der Waals surface area contributed by atoms with Gasteiger partial charge in [0.25, 0.3) is 5.91 Å². The molecule has 1 aromatic rings. The number of amides is 1. The molecule has 1 saturated heterocycles. The first-order valence-electron chi connectivity index (χ1n) is 7.67. The number of hydrogen-bond acceptors (Lipinski definition) is 4. The molecule has 1 atom stereocenters. The molecule has 1 unspecified atom stereocenters. The van der Waals surface area contributed by atoms with Crippen LogP contribution >= 0.6 is 15.9 Å². The number of carbonyl (C=O) groups excluding carboxylic acids is 1. The molecule has 0 saturated carbocycles. The van der Waals surface area contributed by atoms with Crippen LogP contribution in [0.2, 0.25) is 0 Å². The van der Waals surface area contributed by atoms with E-state index in [0.29, 0.717) is 18.7 Å². The van der Waals surface area contributed by atoms with Gasteiger partial charge in [0, 0.05) is 30.3 Å². The summed E-state index contributed by atoms with van der Waals surface area (Å²) in [6.45, 7) is 1.43. The molecule has 1 aromatic heterocycles. The monoisotopic (exact) mass is 405 g/mol. The first kappa shape index (κ1) is 18.5. The van der Waals surface area contributed by atoms with E-state index in [1.807, 2.05) is 27.3 Å². The molecule has 0 radical (unpaired) electrons. The first-order chi connectivity index (χ1) is 10.7. The molecule has 0 spiro atoms. The Labute approximate surface area is 146 Å². The van der Waals surface area contributed by atoms with Gasteiger partial charge in [0.15, 0.2) is 9.84 Å². The standard InChI is InChI=1S/C15H24BrN3O3S/c1-17(2)6-4-7-19(13-5-8-23(21,22)11-13)15(20)14-9-12(16)10-18(14)3/h9-10,13H,4-8,11H2,1-3H3. The van der Waals surface area contributed by atoms with Gasteiger partial charge in [-0.2, -0.15) is 0 Å². The van der Waals surface area contributed by atoms with E-state index >= 15 is 0 Å². The van der Waals surface area contributed by atoms with Gasteiger partial charge in [0.1, 0.15) is 5.69 Å². The van der Waals surface area contributed by atoms with Crippen LogP contribution in [0.3, 0.4) is 0 Å². The fourth-order valence-corrected chi connectivity index (χ4v) is 5.17. The summed E-state index contributed by atoms with van der Waals surface area (Å²) in [5, 5.41) is 0. The molecule has 0 N–H and O–H groups in total. The van der Waals surface area contributed by atoms with E-state index in [4.69, 9.17) is 0 Å². The van der Waals surface area contributed by atoms with Crippen LogP contribution in [0.15, 0.2) is 16.7 Å². The largest absolute Gasteiger partial charge is 0.345 e. The van der Waals surface area contributed by atoms with E-state index in [9.17, 15) is 13.2 Å². The Kier molecular flexibility index (Phi) is 5.91. The maximum absolute atomic E-state index is 12.9. The third kappa shape index (κ3) is 4.81. The lowest BCUT2D eigenvalue weighted by atomic mass is 10.2. The fourth-order valence-electron chi connectivity index (χ4n) is 2.91. The minimum Gasteiger partial charge on any atom is -0.345 e. The molecule has 8 heteroatoms. The van der Waals surface area contributed by atoms with Gasteiger partial charge in [-0.3, -0.25) is 4.79 Å². The minimum atomic E-state index is -3.02. The summed E-state index contributed by atoms with van der Waals surface area (Å²) in [4.78, 5) is 16.7. The third-order valence-electron chi connectivity index (χ3n) is 4.11. The highest BCUT2D eigenvalue weighted by Gasteiger charge is 2.35. The highest BCUT2D eigenvalue weighted by Crippen LogP contribution is 2.22. The third-order valence-corrected chi connectivity index (χ3v) is 6.29. The van der Waals surface area contributed by atoms with Gasteiger partial charge in [0.2, 0.25) is 0 Å². The highest BCUT2D eigenvalue weighted by molar-refractivity contribution is 9.10. The summed E-state index contributed by atoms with van der Waals surface area (Å²) < 4.78 is 26.2. The van der Waals surface area contributed by atoms with Crippen LogP contribution in [0.1, 0.15) is 23.3 Å². The van der Waals surface area contributed by atoms with Crippen molar-refractivity contribution in [1.82, 2.24) is 14.4 Å². The normalized spacial score (nSPS) is 20.1. The molecule has 2 heterocycles. The van der Waals surface area contributed by atoms with Gasteiger partial charge in [-0.1, -0.05) is 0 Å². The Bertz CT molecular complexity index is 670. The zero-order chi connectivity index (χ0) is 17.2. The molecule has 1 amide bonds. The number of carbonyl (C=O) groups is 1. The quantitative estimate of drug-likeness (QED) is 0.716. The number of nitrogens with zero attached hydrogens (tertiary/aromatic N) is 3. The average Bonchev–Trinajstić information content (AvgIpc) is 2.95. The first-order valence-corrected chi connectivity index (χ1v) is 10.3. The van der Waals surface area contributed by atoms with E-state index in [1.54, 1.807) is 15.5 Å². The highest BCUT2D eigenvalue weighted by atomic mass is 79.9. The number of halogens is 1.